The number of hydrogen-bond donors (Lipinski definition) is 1. The minimum atomic E-state index is -3.84. The molecule has 1 atom stereocenters. The summed E-state index contributed by atoms with van der Waals surface area (Å²) in [6, 6.07) is 12.2. The van der Waals surface area contributed by atoms with Crippen molar-refractivity contribution < 1.29 is 22.7 Å². The van der Waals surface area contributed by atoms with Gasteiger partial charge in [-0.05, 0) is 36.6 Å². The van der Waals surface area contributed by atoms with Crippen molar-refractivity contribution in [1.29, 1.82) is 0 Å². The molecule has 0 fully saturated rings. The molecule has 1 aliphatic rings. The number of sulfonamides is 1. The molecule has 2 aromatic rings. The summed E-state index contributed by atoms with van der Waals surface area (Å²) in [5.41, 5.74) is 2.19. The number of rotatable bonds is 7. The number of hydrogen-bond acceptors (Lipinski definition) is 5. The Bertz CT molecular complexity index is 973. The molecule has 0 aromatic heterocycles. The molecule has 0 saturated heterocycles. The Balaban J connectivity index is 1.64. The van der Waals surface area contributed by atoms with Gasteiger partial charge in [0, 0.05) is 13.1 Å². The Kier molecular flexibility index (Phi) is 6.44. The van der Waals surface area contributed by atoms with Gasteiger partial charge < -0.3 is 14.8 Å². The van der Waals surface area contributed by atoms with Gasteiger partial charge in [-0.3, -0.25) is 4.79 Å². The van der Waals surface area contributed by atoms with Gasteiger partial charge in [0.2, 0.25) is 15.9 Å². The standard InChI is InChI=1S/C21H26N2O5S/c1-4-16-5-7-17(8-6-16)15(2)22-21(24)14-23(3)29(25,26)18-9-10-19-20(13-18)28-12-11-27-19/h5-10,13,15H,4,11-12,14H2,1-3H3,(H,22,24). The maximum atomic E-state index is 12.8. The molecule has 7 nitrogen and oxygen atoms in total. The van der Waals surface area contributed by atoms with Crippen molar-refractivity contribution in [3.8, 4) is 11.5 Å². The highest BCUT2D eigenvalue weighted by Crippen LogP contribution is 2.32. The molecule has 0 bridgehead atoms. The minimum Gasteiger partial charge on any atom is -0.486 e. The molecule has 0 saturated carbocycles. The molecule has 1 amide bonds. The van der Waals surface area contributed by atoms with Crippen LogP contribution >= 0.6 is 0 Å². The van der Waals surface area contributed by atoms with E-state index in [0.717, 1.165) is 16.3 Å². The maximum absolute atomic E-state index is 12.8. The zero-order valence-electron chi connectivity index (χ0n) is 16.8. The van der Waals surface area contributed by atoms with Gasteiger partial charge in [-0.2, -0.15) is 4.31 Å². The number of ether oxygens (including phenoxy) is 2. The van der Waals surface area contributed by atoms with Gasteiger partial charge in [0.05, 0.1) is 17.5 Å². The molecule has 29 heavy (non-hydrogen) atoms. The summed E-state index contributed by atoms with van der Waals surface area (Å²) in [6.07, 6.45) is 0.948. The predicted molar refractivity (Wildman–Crippen MR) is 110 cm³/mol. The van der Waals surface area contributed by atoms with Gasteiger partial charge in [0.15, 0.2) is 11.5 Å². The van der Waals surface area contributed by atoms with Crippen LogP contribution in [0.5, 0.6) is 11.5 Å². The quantitative estimate of drug-likeness (QED) is 0.747. The van der Waals surface area contributed by atoms with E-state index >= 15 is 0 Å². The smallest absolute Gasteiger partial charge is 0.243 e. The molecule has 1 aliphatic heterocycles. The summed E-state index contributed by atoms with van der Waals surface area (Å²) in [4.78, 5) is 12.5. The number of aryl methyl sites for hydroxylation is 1. The van der Waals surface area contributed by atoms with Crippen molar-refractivity contribution in [2.75, 3.05) is 26.8 Å². The van der Waals surface area contributed by atoms with E-state index in [1.54, 1.807) is 6.07 Å². The number of carbonyl (C=O) groups excluding carboxylic acids is 1. The molecule has 8 heteroatoms. The summed E-state index contributed by atoms with van der Waals surface area (Å²) in [5.74, 6) is 0.526. The SMILES string of the molecule is CCc1ccc(C(C)NC(=O)CN(C)S(=O)(=O)c2ccc3c(c2)OCCO3)cc1. The highest BCUT2D eigenvalue weighted by molar-refractivity contribution is 7.89. The molecule has 3 rings (SSSR count). The minimum absolute atomic E-state index is 0.0558. The van der Waals surface area contributed by atoms with E-state index in [2.05, 4.69) is 12.2 Å². The van der Waals surface area contributed by atoms with Crippen LogP contribution in [0.4, 0.5) is 0 Å². The number of nitrogens with zero attached hydrogens (tertiary/aromatic N) is 1. The van der Waals surface area contributed by atoms with Crippen molar-refractivity contribution in [2.24, 2.45) is 0 Å². The average Bonchev–Trinajstić information content (AvgIpc) is 2.73. The maximum Gasteiger partial charge on any atom is 0.243 e. The van der Waals surface area contributed by atoms with Gasteiger partial charge in [0.1, 0.15) is 13.2 Å². The molecule has 0 aliphatic carbocycles. The fraction of sp³-hybridized carbons (Fsp3) is 0.381. The molecule has 0 radical (unpaired) electrons. The van der Waals surface area contributed by atoms with Crippen molar-refractivity contribution in [2.45, 2.75) is 31.2 Å². The van der Waals surface area contributed by atoms with Crippen molar-refractivity contribution in [1.82, 2.24) is 9.62 Å². The van der Waals surface area contributed by atoms with Crippen molar-refractivity contribution in [3.63, 3.8) is 0 Å². The lowest BCUT2D eigenvalue weighted by Gasteiger charge is -2.22. The third-order valence-corrected chi connectivity index (χ3v) is 6.65. The summed E-state index contributed by atoms with van der Waals surface area (Å²) in [7, 11) is -2.46. The number of benzene rings is 2. The highest BCUT2D eigenvalue weighted by atomic mass is 32.2. The molecule has 0 spiro atoms. The molecule has 1 unspecified atom stereocenters. The fourth-order valence-electron chi connectivity index (χ4n) is 3.06. The van der Waals surface area contributed by atoms with E-state index in [0.29, 0.717) is 24.7 Å². The van der Waals surface area contributed by atoms with Crippen LogP contribution < -0.4 is 14.8 Å². The Labute approximate surface area is 171 Å². The Morgan fingerprint density at radius 2 is 1.76 bits per heavy atom. The number of nitrogens with one attached hydrogen (secondary N) is 1. The summed E-state index contributed by atoms with van der Waals surface area (Å²) in [6.45, 7) is 4.46. The predicted octanol–water partition coefficient (Wildman–Crippen LogP) is 2.52. The highest BCUT2D eigenvalue weighted by Gasteiger charge is 2.25. The Morgan fingerprint density at radius 1 is 1.10 bits per heavy atom. The normalized spacial score (nSPS) is 14.5. The molecular formula is C21H26N2O5S. The number of carbonyl (C=O) groups is 1. The van der Waals surface area contributed by atoms with Crippen LogP contribution in [-0.2, 0) is 21.2 Å². The van der Waals surface area contributed by atoms with Crippen molar-refractivity contribution in [3.05, 3.63) is 53.6 Å². The first-order valence-corrected chi connectivity index (χ1v) is 11.0. The topological polar surface area (TPSA) is 84.9 Å². The van der Waals surface area contributed by atoms with E-state index in [1.807, 2.05) is 31.2 Å². The fourth-order valence-corrected chi connectivity index (χ4v) is 4.21. The molecule has 2 aromatic carbocycles. The first-order valence-electron chi connectivity index (χ1n) is 9.55. The first-order chi connectivity index (χ1) is 13.8. The molecular weight excluding hydrogens is 392 g/mol. The second-order valence-corrected chi connectivity index (χ2v) is 9.00. The van der Waals surface area contributed by atoms with Gasteiger partial charge in [0.25, 0.3) is 0 Å². The summed E-state index contributed by atoms with van der Waals surface area (Å²) >= 11 is 0. The van der Waals surface area contributed by atoms with E-state index in [9.17, 15) is 13.2 Å². The molecule has 1 N–H and O–H groups in total. The van der Waals surface area contributed by atoms with Crippen molar-refractivity contribution >= 4 is 15.9 Å². The van der Waals surface area contributed by atoms with E-state index in [1.165, 1.54) is 24.7 Å². The number of likely N-dealkylation sites (N-methyl/N-ethyl adjacent to an activating group) is 1. The lowest BCUT2D eigenvalue weighted by Crippen LogP contribution is -2.39. The summed E-state index contributed by atoms with van der Waals surface area (Å²) < 4.78 is 37.6. The van der Waals surface area contributed by atoms with Crippen LogP contribution in [0.1, 0.15) is 31.0 Å². The zero-order valence-corrected chi connectivity index (χ0v) is 17.7. The lowest BCUT2D eigenvalue weighted by atomic mass is 10.1. The largest absolute Gasteiger partial charge is 0.486 e. The van der Waals surface area contributed by atoms with E-state index in [-0.39, 0.29) is 23.4 Å². The zero-order chi connectivity index (χ0) is 21.0. The van der Waals surface area contributed by atoms with Crippen LogP contribution in [0, 0.1) is 0 Å². The molecule has 1 heterocycles. The molecule has 156 valence electrons. The lowest BCUT2D eigenvalue weighted by molar-refractivity contribution is -0.121. The third kappa shape index (κ3) is 4.89. The average molecular weight is 419 g/mol. The van der Waals surface area contributed by atoms with E-state index < -0.39 is 10.0 Å². The Hall–Kier alpha value is -2.58. The Morgan fingerprint density at radius 3 is 2.41 bits per heavy atom. The number of amides is 1. The van der Waals surface area contributed by atoms with E-state index in [4.69, 9.17) is 9.47 Å². The van der Waals surface area contributed by atoms with Crippen LogP contribution in [-0.4, -0.2) is 45.4 Å². The van der Waals surface area contributed by atoms with Gasteiger partial charge >= 0.3 is 0 Å². The van der Waals surface area contributed by atoms with Crippen LogP contribution in [0.25, 0.3) is 0 Å². The van der Waals surface area contributed by atoms with Gasteiger partial charge in [-0.1, -0.05) is 31.2 Å². The van der Waals surface area contributed by atoms with Gasteiger partial charge in [-0.15, -0.1) is 0 Å². The van der Waals surface area contributed by atoms with Crippen LogP contribution in [0.3, 0.4) is 0 Å². The van der Waals surface area contributed by atoms with Gasteiger partial charge in [-0.25, -0.2) is 8.42 Å². The second kappa shape index (κ2) is 8.84. The number of fused-ring (bicyclic) bond motifs is 1. The third-order valence-electron chi connectivity index (χ3n) is 4.85. The monoisotopic (exact) mass is 418 g/mol. The van der Waals surface area contributed by atoms with Crippen LogP contribution in [0.2, 0.25) is 0 Å². The van der Waals surface area contributed by atoms with Crippen LogP contribution in [0.15, 0.2) is 47.4 Å². The summed E-state index contributed by atoms with van der Waals surface area (Å²) in [5, 5.41) is 2.85. The first kappa shape index (κ1) is 21.1. The second-order valence-electron chi connectivity index (χ2n) is 6.95.